The lowest BCUT2D eigenvalue weighted by Gasteiger charge is -2.29. The molecule has 1 aliphatic rings. The summed E-state index contributed by atoms with van der Waals surface area (Å²) in [7, 11) is 0. The number of nitrogens with two attached hydrogens (primary N) is 1. The standard InChI is InChI=1S/C10H19F3N2O/c11-10(12,13)7-16-5-4-9(15-14)6-8-2-1-3-8/h8-9,15H,1-7,14H2. The van der Waals surface area contributed by atoms with E-state index in [0.29, 0.717) is 12.3 Å². The predicted octanol–water partition coefficient (Wildman–Crippen LogP) is 1.98. The van der Waals surface area contributed by atoms with E-state index in [4.69, 9.17) is 5.84 Å². The van der Waals surface area contributed by atoms with Gasteiger partial charge in [0.25, 0.3) is 0 Å². The summed E-state index contributed by atoms with van der Waals surface area (Å²) in [6.07, 6.45) is 0.907. The predicted molar refractivity (Wildman–Crippen MR) is 54.6 cm³/mol. The minimum Gasteiger partial charge on any atom is -0.372 e. The van der Waals surface area contributed by atoms with Crippen molar-refractivity contribution in [1.82, 2.24) is 5.43 Å². The van der Waals surface area contributed by atoms with E-state index in [2.05, 4.69) is 10.2 Å². The topological polar surface area (TPSA) is 47.3 Å². The molecule has 0 heterocycles. The highest BCUT2D eigenvalue weighted by Gasteiger charge is 2.27. The SMILES string of the molecule is NNC(CCOCC(F)(F)F)CC1CCC1. The van der Waals surface area contributed by atoms with Gasteiger partial charge in [-0.15, -0.1) is 0 Å². The van der Waals surface area contributed by atoms with Gasteiger partial charge in [-0.1, -0.05) is 19.3 Å². The molecule has 0 bridgehead atoms. The van der Waals surface area contributed by atoms with Crippen LogP contribution in [0.5, 0.6) is 0 Å². The van der Waals surface area contributed by atoms with Gasteiger partial charge in [-0.25, -0.2) is 0 Å². The van der Waals surface area contributed by atoms with E-state index < -0.39 is 12.8 Å². The van der Waals surface area contributed by atoms with Gasteiger partial charge < -0.3 is 4.74 Å². The maximum atomic E-state index is 11.8. The summed E-state index contributed by atoms with van der Waals surface area (Å²) in [6, 6.07) is 0.0681. The number of hydrogen-bond acceptors (Lipinski definition) is 3. The Morgan fingerprint density at radius 2 is 2.06 bits per heavy atom. The summed E-state index contributed by atoms with van der Waals surface area (Å²) >= 11 is 0. The minimum atomic E-state index is -4.24. The second kappa shape index (κ2) is 6.42. The molecule has 1 atom stereocenters. The van der Waals surface area contributed by atoms with E-state index in [9.17, 15) is 13.2 Å². The van der Waals surface area contributed by atoms with Crippen molar-refractivity contribution in [3.05, 3.63) is 0 Å². The second-order valence-electron chi connectivity index (χ2n) is 4.35. The Morgan fingerprint density at radius 3 is 2.50 bits per heavy atom. The third-order valence-electron chi connectivity index (χ3n) is 2.95. The highest BCUT2D eigenvalue weighted by atomic mass is 19.4. The lowest BCUT2D eigenvalue weighted by molar-refractivity contribution is -0.174. The Balaban J connectivity index is 2.04. The molecule has 0 aromatic rings. The van der Waals surface area contributed by atoms with Gasteiger partial charge in [0.05, 0.1) is 0 Å². The van der Waals surface area contributed by atoms with Gasteiger partial charge in [0.1, 0.15) is 6.61 Å². The van der Waals surface area contributed by atoms with Crippen molar-refractivity contribution in [1.29, 1.82) is 0 Å². The number of rotatable bonds is 7. The Morgan fingerprint density at radius 1 is 1.38 bits per heavy atom. The van der Waals surface area contributed by atoms with Crippen LogP contribution in [0.1, 0.15) is 32.1 Å². The van der Waals surface area contributed by atoms with Crippen LogP contribution < -0.4 is 11.3 Å². The fourth-order valence-corrected chi connectivity index (χ4v) is 1.81. The van der Waals surface area contributed by atoms with E-state index in [1.807, 2.05) is 0 Å². The van der Waals surface area contributed by atoms with Crippen LogP contribution in [-0.4, -0.2) is 25.4 Å². The first kappa shape index (κ1) is 13.7. The Hall–Kier alpha value is -0.330. The van der Waals surface area contributed by atoms with Gasteiger partial charge >= 0.3 is 6.18 Å². The maximum absolute atomic E-state index is 11.8. The zero-order chi connectivity index (χ0) is 12.0. The Kier molecular flexibility index (Phi) is 5.51. The average molecular weight is 240 g/mol. The molecule has 1 fully saturated rings. The van der Waals surface area contributed by atoms with Crippen LogP contribution >= 0.6 is 0 Å². The van der Waals surface area contributed by atoms with Crippen LogP contribution in [-0.2, 0) is 4.74 Å². The summed E-state index contributed by atoms with van der Waals surface area (Å²) in [5.74, 6) is 6.02. The molecule has 96 valence electrons. The fraction of sp³-hybridized carbons (Fsp3) is 1.00. The van der Waals surface area contributed by atoms with Crippen molar-refractivity contribution >= 4 is 0 Å². The zero-order valence-electron chi connectivity index (χ0n) is 9.22. The van der Waals surface area contributed by atoms with Crippen molar-refractivity contribution in [2.24, 2.45) is 11.8 Å². The number of halogens is 3. The molecule has 0 aromatic heterocycles. The molecule has 0 saturated heterocycles. The Labute approximate surface area is 93.5 Å². The zero-order valence-corrected chi connectivity index (χ0v) is 9.22. The molecule has 16 heavy (non-hydrogen) atoms. The van der Waals surface area contributed by atoms with E-state index in [0.717, 1.165) is 6.42 Å². The summed E-state index contributed by atoms with van der Waals surface area (Å²) in [5, 5.41) is 0. The van der Waals surface area contributed by atoms with Crippen LogP contribution in [0, 0.1) is 5.92 Å². The molecule has 1 saturated carbocycles. The van der Waals surface area contributed by atoms with E-state index >= 15 is 0 Å². The Bertz CT molecular complexity index is 195. The van der Waals surface area contributed by atoms with Crippen molar-refractivity contribution in [2.75, 3.05) is 13.2 Å². The number of hydrogen-bond donors (Lipinski definition) is 2. The van der Waals surface area contributed by atoms with Gasteiger partial charge in [-0.2, -0.15) is 13.2 Å². The molecule has 1 unspecified atom stereocenters. The summed E-state index contributed by atoms with van der Waals surface area (Å²) in [5.41, 5.74) is 2.64. The number of ether oxygens (including phenoxy) is 1. The quantitative estimate of drug-likeness (QED) is 0.406. The van der Waals surface area contributed by atoms with Gasteiger partial charge in [-0.05, 0) is 18.8 Å². The molecule has 3 nitrogen and oxygen atoms in total. The van der Waals surface area contributed by atoms with Crippen molar-refractivity contribution in [2.45, 2.75) is 44.3 Å². The fourth-order valence-electron chi connectivity index (χ4n) is 1.81. The first-order valence-corrected chi connectivity index (χ1v) is 5.62. The van der Waals surface area contributed by atoms with E-state index in [-0.39, 0.29) is 12.6 Å². The monoisotopic (exact) mass is 240 g/mol. The smallest absolute Gasteiger partial charge is 0.372 e. The third-order valence-corrected chi connectivity index (χ3v) is 2.95. The van der Waals surface area contributed by atoms with Crippen molar-refractivity contribution < 1.29 is 17.9 Å². The highest BCUT2D eigenvalue weighted by Crippen LogP contribution is 2.30. The van der Waals surface area contributed by atoms with Gasteiger partial charge in [-0.3, -0.25) is 11.3 Å². The van der Waals surface area contributed by atoms with Crippen LogP contribution in [0.2, 0.25) is 0 Å². The van der Waals surface area contributed by atoms with Crippen LogP contribution in [0.25, 0.3) is 0 Å². The van der Waals surface area contributed by atoms with Gasteiger partial charge in [0.15, 0.2) is 0 Å². The molecule has 0 aliphatic heterocycles. The molecule has 0 amide bonds. The van der Waals surface area contributed by atoms with Crippen LogP contribution in [0.3, 0.4) is 0 Å². The lowest BCUT2D eigenvalue weighted by atomic mass is 9.80. The molecule has 1 rings (SSSR count). The molecule has 1 aliphatic carbocycles. The molecular formula is C10H19F3N2O. The molecule has 0 aromatic carbocycles. The third kappa shape index (κ3) is 5.67. The lowest BCUT2D eigenvalue weighted by Crippen LogP contribution is -2.38. The van der Waals surface area contributed by atoms with Gasteiger partial charge in [0, 0.05) is 12.6 Å². The second-order valence-corrected chi connectivity index (χ2v) is 4.35. The van der Waals surface area contributed by atoms with Gasteiger partial charge in [0.2, 0.25) is 0 Å². The molecular weight excluding hydrogens is 221 g/mol. The van der Waals surface area contributed by atoms with Crippen LogP contribution in [0.4, 0.5) is 13.2 Å². The molecule has 6 heteroatoms. The largest absolute Gasteiger partial charge is 0.411 e. The minimum absolute atomic E-state index is 0.0681. The highest BCUT2D eigenvalue weighted by molar-refractivity contribution is 4.76. The number of alkyl halides is 3. The number of nitrogens with one attached hydrogen (secondary N) is 1. The average Bonchev–Trinajstić information content (AvgIpc) is 2.12. The maximum Gasteiger partial charge on any atom is 0.411 e. The summed E-state index contributed by atoms with van der Waals surface area (Å²) in [6.45, 7) is -1.07. The summed E-state index contributed by atoms with van der Waals surface area (Å²) < 4.78 is 39.9. The van der Waals surface area contributed by atoms with Crippen molar-refractivity contribution in [3.63, 3.8) is 0 Å². The first-order valence-electron chi connectivity index (χ1n) is 5.62. The molecule has 0 spiro atoms. The van der Waals surface area contributed by atoms with E-state index in [1.165, 1.54) is 19.3 Å². The van der Waals surface area contributed by atoms with E-state index in [1.54, 1.807) is 0 Å². The van der Waals surface area contributed by atoms with Crippen LogP contribution in [0.15, 0.2) is 0 Å². The molecule has 3 N–H and O–H groups in total. The first-order chi connectivity index (χ1) is 7.51. The normalized spacial score (nSPS) is 19.5. The summed E-state index contributed by atoms with van der Waals surface area (Å²) in [4.78, 5) is 0. The number of hydrazine groups is 1. The molecule has 0 radical (unpaired) electrons. The van der Waals surface area contributed by atoms with Crippen molar-refractivity contribution in [3.8, 4) is 0 Å².